The molecule has 5 aliphatic carbocycles. The molecule has 0 amide bonds. The molecule has 0 aliphatic heterocycles. The highest BCUT2D eigenvalue weighted by molar-refractivity contribution is 6.03. The van der Waals surface area contributed by atoms with Gasteiger partial charge in [0, 0.05) is 23.4 Å². The Bertz CT molecular complexity index is 1120. The molecular formula is C32H45NO3. The minimum Gasteiger partial charge on any atom is -0.396 e. The number of nitrogens with zero attached hydrogens (tertiary/aromatic N) is 1. The lowest BCUT2D eigenvalue weighted by Gasteiger charge is -2.69. The SMILES string of the molecule is [C-]#[N+]C1=C[C@]2(C)C3=CC(=O)[C@@H]4[C@@H]5CC(C)(C)CC[C@]5(CCO)CC[C@@]4(C)[C@]3(C)CC[C@H]2C(C)(C)C1=O. The molecule has 0 spiro atoms. The Labute approximate surface area is 217 Å². The zero-order valence-electron chi connectivity index (χ0n) is 23.5. The summed E-state index contributed by atoms with van der Waals surface area (Å²) in [4.78, 5) is 31.2. The number of Topliss-reactive ketones (excluding diaryl/α,β-unsaturated/α-hetero) is 1. The molecule has 0 radical (unpaired) electrons. The molecule has 0 saturated heterocycles. The van der Waals surface area contributed by atoms with Crippen molar-refractivity contribution in [3.63, 3.8) is 0 Å². The van der Waals surface area contributed by atoms with Crippen LogP contribution in [0, 0.1) is 56.8 Å². The molecule has 196 valence electrons. The molecule has 3 saturated carbocycles. The number of aliphatic hydroxyl groups excluding tert-OH is 1. The molecule has 4 heteroatoms. The zero-order valence-corrected chi connectivity index (χ0v) is 23.5. The van der Waals surface area contributed by atoms with E-state index in [1.807, 2.05) is 26.0 Å². The maximum atomic E-state index is 14.3. The van der Waals surface area contributed by atoms with Gasteiger partial charge >= 0.3 is 0 Å². The summed E-state index contributed by atoms with van der Waals surface area (Å²) >= 11 is 0. The highest BCUT2D eigenvalue weighted by Gasteiger charge is 2.69. The minimum atomic E-state index is -0.622. The summed E-state index contributed by atoms with van der Waals surface area (Å²) in [5.74, 6) is 0.545. The van der Waals surface area contributed by atoms with Crippen LogP contribution in [0.25, 0.3) is 4.85 Å². The van der Waals surface area contributed by atoms with Gasteiger partial charge in [-0.1, -0.05) is 60.1 Å². The van der Waals surface area contributed by atoms with Crippen molar-refractivity contribution >= 4 is 11.6 Å². The quantitative estimate of drug-likeness (QED) is 0.426. The average Bonchev–Trinajstić information content (AvgIpc) is 2.79. The van der Waals surface area contributed by atoms with Gasteiger partial charge in [-0.05, 0) is 90.9 Å². The molecule has 0 aromatic rings. The van der Waals surface area contributed by atoms with Crippen LogP contribution in [0.15, 0.2) is 23.4 Å². The van der Waals surface area contributed by atoms with Crippen molar-refractivity contribution < 1.29 is 14.7 Å². The fourth-order valence-electron chi connectivity index (χ4n) is 10.4. The van der Waals surface area contributed by atoms with Gasteiger partial charge in [0.15, 0.2) is 11.6 Å². The Kier molecular flexibility index (Phi) is 5.51. The van der Waals surface area contributed by atoms with Crippen molar-refractivity contribution in [2.24, 2.45) is 50.2 Å². The van der Waals surface area contributed by atoms with E-state index in [9.17, 15) is 14.7 Å². The third kappa shape index (κ3) is 3.08. The first-order chi connectivity index (χ1) is 16.6. The second kappa shape index (κ2) is 7.66. The maximum Gasteiger partial charge on any atom is 0.226 e. The van der Waals surface area contributed by atoms with Gasteiger partial charge in [0.1, 0.15) is 0 Å². The maximum absolute atomic E-state index is 14.3. The molecule has 0 heterocycles. The van der Waals surface area contributed by atoms with Crippen LogP contribution in [0.5, 0.6) is 0 Å². The minimum absolute atomic E-state index is 0.0335. The van der Waals surface area contributed by atoms with Crippen LogP contribution in [0.4, 0.5) is 0 Å². The molecule has 1 N–H and O–H groups in total. The molecule has 7 atom stereocenters. The van der Waals surface area contributed by atoms with Crippen LogP contribution in [-0.4, -0.2) is 23.3 Å². The van der Waals surface area contributed by atoms with Gasteiger partial charge in [0.25, 0.3) is 0 Å². The van der Waals surface area contributed by atoms with Crippen molar-refractivity contribution in [2.45, 2.75) is 99.8 Å². The lowest BCUT2D eigenvalue weighted by Crippen LogP contribution is -2.64. The number of carbonyl (C=O) groups excluding carboxylic acids is 2. The Morgan fingerprint density at radius 3 is 2.31 bits per heavy atom. The fraction of sp³-hybridized carbons (Fsp3) is 0.781. The third-order valence-electron chi connectivity index (χ3n) is 12.6. The summed E-state index contributed by atoms with van der Waals surface area (Å²) in [5.41, 5.74) is 0.244. The van der Waals surface area contributed by atoms with Crippen LogP contribution >= 0.6 is 0 Å². The Morgan fingerprint density at radius 2 is 1.67 bits per heavy atom. The molecular weight excluding hydrogens is 446 g/mol. The summed E-state index contributed by atoms with van der Waals surface area (Å²) in [7, 11) is 0. The first-order valence-electron chi connectivity index (χ1n) is 14.1. The number of hydrogen-bond donors (Lipinski definition) is 1. The zero-order chi connectivity index (χ0) is 26.5. The molecule has 36 heavy (non-hydrogen) atoms. The van der Waals surface area contributed by atoms with Gasteiger partial charge < -0.3 is 9.90 Å². The predicted octanol–water partition coefficient (Wildman–Crippen LogP) is 6.94. The van der Waals surface area contributed by atoms with E-state index in [-0.39, 0.29) is 57.4 Å². The summed E-state index contributed by atoms with van der Waals surface area (Å²) in [6, 6.07) is 0. The Hall–Kier alpha value is -1.73. The van der Waals surface area contributed by atoms with Crippen LogP contribution in [-0.2, 0) is 9.59 Å². The monoisotopic (exact) mass is 491 g/mol. The molecule has 3 fully saturated rings. The fourth-order valence-corrected chi connectivity index (χ4v) is 10.4. The summed E-state index contributed by atoms with van der Waals surface area (Å²) in [6.45, 7) is 23.6. The molecule has 0 aromatic heterocycles. The van der Waals surface area contributed by atoms with Crippen molar-refractivity contribution in [1.82, 2.24) is 0 Å². The lowest BCUT2D eigenvalue weighted by molar-refractivity contribution is -0.173. The van der Waals surface area contributed by atoms with Gasteiger partial charge in [0.05, 0.1) is 6.57 Å². The van der Waals surface area contributed by atoms with Gasteiger partial charge in [-0.15, -0.1) is 0 Å². The van der Waals surface area contributed by atoms with Crippen LogP contribution in [0.3, 0.4) is 0 Å². The topological polar surface area (TPSA) is 58.7 Å². The Morgan fingerprint density at radius 1 is 1.00 bits per heavy atom. The van der Waals surface area contributed by atoms with E-state index in [1.165, 1.54) is 5.57 Å². The highest BCUT2D eigenvalue weighted by Crippen LogP contribution is 2.74. The summed E-state index contributed by atoms with van der Waals surface area (Å²) < 4.78 is 0. The van der Waals surface area contributed by atoms with Crippen molar-refractivity contribution in [3.8, 4) is 0 Å². The highest BCUT2D eigenvalue weighted by atomic mass is 16.3. The first kappa shape index (κ1) is 25.9. The standard InChI is InChI=1S/C32H45NO3/c1-27(2)11-13-32(15-16-34)14-12-31(7)25(20(32)18-27)22(35)17-24-29(5)19-21(33-8)26(36)28(3,4)23(29)9-10-30(24,31)6/h17,19-20,23,25,34H,9-16,18H2,1-7H3/t20-,23-,25-,29-,30+,31+,32+/m0/s1. The molecule has 0 bridgehead atoms. The number of ketones is 2. The van der Waals surface area contributed by atoms with Gasteiger partial charge in [-0.2, -0.15) is 0 Å². The number of fused-ring (bicyclic) bond motifs is 7. The largest absolute Gasteiger partial charge is 0.396 e. The third-order valence-corrected chi connectivity index (χ3v) is 12.6. The smallest absolute Gasteiger partial charge is 0.226 e. The Balaban J connectivity index is 1.69. The van der Waals surface area contributed by atoms with Crippen molar-refractivity contribution in [1.29, 1.82) is 0 Å². The molecule has 4 nitrogen and oxygen atoms in total. The van der Waals surface area contributed by atoms with E-state index >= 15 is 0 Å². The molecule has 0 aromatic carbocycles. The number of hydrogen-bond acceptors (Lipinski definition) is 3. The van der Waals surface area contributed by atoms with E-state index in [0.717, 1.165) is 51.4 Å². The number of aliphatic hydroxyl groups is 1. The number of rotatable bonds is 2. The predicted molar refractivity (Wildman–Crippen MR) is 142 cm³/mol. The van der Waals surface area contributed by atoms with E-state index < -0.39 is 10.8 Å². The summed E-state index contributed by atoms with van der Waals surface area (Å²) in [6.07, 6.45) is 12.0. The van der Waals surface area contributed by atoms with Gasteiger partial charge in [-0.3, -0.25) is 4.79 Å². The second-order valence-corrected chi connectivity index (χ2v) is 15.1. The van der Waals surface area contributed by atoms with Gasteiger partial charge in [-0.25, -0.2) is 4.85 Å². The molecule has 5 rings (SSSR count). The second-order valence-electron chi connectivity index (χ2n) is 15.1. The van der Waals surface area contributed by atoms with Crippen LogP contribution in [0.1, 0.15) is 99.8 Å². The number of allylic oxidation sites excluding steroid dienone is 4. The molecule has 0 unspecified atom stereocenters. The average molecular weight is 492 g/mol. The lowest BCUT2D eigenvalue weighted by atomic mass is 9.34. The van der Waals surface area contributed by atoms with Crippen molar-refractivity contribution in [2.75, 3.05) is 6.61 Å². The normalized spacial score (nSPS) is 46.8. The van der Waals surface area contributed by atoms with Crippen LogP contribution < -0.4 is 0 Å². The number of carbonyl (C=O) groups is 2. The van der Waals surface area contributed by atoms with Gasteiger partial charge in [0.2, 0.25) is 5.70 Å². The van der Waals surface area contributed by atoms with Crippen molar-refractivity contribution in [3.05, 3.63) is 34.8 Å². The molecule has 5 aliphatic rings. The van der Waals surface area contributed by atoms with E-state index in [2.05, 4.69) is 39.5 Å². The van der Waals surface area contributed by atoms with Crippen LogP contribution in [0.2, 0.25) is 0 Å². The first-order valence-corrected chi connectivity index (χ1v) is 14.1. The van der Waals surface area contributed by atoms with E-state index in [4.69, 9.17) is 6.57 Å². The van der Waals surface area contributed by atoms with E-state index in [0.29, 0.717) is 5.92 Å². The van der Waals surface area contributed by atoms with E-state index in [1.54, 1.807) is 0 Å². The summed E-state index contributed by atoms with van der Waals surface area (Å²) in [5, 5.41) is 10.1.